The second-order valence-electron chi connectivity index (χ2n) is 5.59. The highest BCUT2D eigenvalue weighted by Crippen LogP contribution is 2.31. The smallest absolute Gasteiger partial charge is 0.119 e. The third-order valence-corrected chi connectivity index (χ3v) is 4.04. The number of benzene rings is 2. The summed E-state index contributed by atoms with van der Waals surface area (Å²) in [6.45, 7) is 4.93. The molecule has 0 aromatic heterocycles. The number of para-hydroxylation sites is 1. The zero-order valence-corrected chi connectivity index (χ0v) is 12.5. The van der Waals surface area contributed by atoms with Crippen molar-refractivity contribution in [1.82, 2.24) is 0 Å². The zero-order chi connectivity index (χ0) is 14.7. The van der Waals surface area contributed by atoms with Gasteiger partial charge in [0.25, 0.3) is 0 Å². The first-order valence-electron chi connectivity index (χ1n) is 7.56. The maximum Gasteiger partial charge on any atom is 0.119 e. The Balaban J connectivity index is 1.53. The number of anilines is 2. The molecule has 0 radical (unpaired) electrons. The van der Waals surface area contributed by atoms with Crippen molar-refractivity contribution >= 4 is 11.4 Å². The third kappa shape index (κ3) is 3.13. The van der Waals surface area contributed by atoms with Crippen LogP contribution in [-0.4, -0.2) is 19.7 Å². The lowest BCUT2D eigenvalue weighted by molar-refractivity contribution is 0.312. The molecule has 2 aromatic rings. The van der Waals surface area contributed by atoms with E-state index in [2.05, 4.69) is 24.0 Å². The Morgan fingerprint density at radius 3 is 2.81 bits per heavy atom. The van der Waals surface area contributed by atoms with Crippen LogP contribution in [0.5, 0.6) is 5.75 Å². The first-order valence-corrected chi connectivity index (χ1v) is 7.56. The minimum absolute atomic E-state index is 0.747. The molecule has 0 unspecified atom stereocenters. The predicted octanol–water partition coefficient (Wildman–Crippen LogP) is 3.41. The van der Waals surface area contributed by atoms with Crippen molar-refractivity contribution in [3.63, 3.8) is 0 Å². The number of hydrogen-bond donors (Lipinski definition) is 1. The lowest BCUT2D eigenvalue weighted by atomic mass is 10.1. The molecule has 1 aliphatic rings. The monoisotopic (exact) mass is 282 g/mol. The lowest BCUT2D eigenvalue weighted by Gasteiger charge is -2.20. The predicted molar refractivity (Wildman–Crippen MR) is 88.1 cm³/mol. The number of nitrogen functional groups attached to an aromatic ring is 1. The minimum atomic E-state index is 0.747. The largest absolute Gasteiger partial charge is 0.494 e. The van der Waals surface area contributed by atoms with Crippen LogP contribution in [0.4, 0.5) is 11.4 Å². The summed E-state index contributed by atoms with van der Waals surface area (Å²) < 4.78 is 5.75. The number of nitrogens with zero attached hydrogens (tertiary/aromatic N) is 1. The third-order valence-electron chi connectivity index (χ3n) is 4.04. The maximum absolute atomic E-state index is 6.03. The summed E-state index contributed by atoms with van der Waals surface area (Å²) in [4.78, 5) is 2.42. The van der Waals surface area contributed by atoms with Crippen LogP contribution in [0, 0.1) is 6.92 Å². The Labute approximate surface area is 126 Å². The highest BCUT2D eigenvalue weighted by Gasteiger charge is 2.19. The Morgan fingerprint density at radius 2 is 2.00 bits per heavy atom. The normalized spacial score (nSPS) is 13.3. The topological polar surface area (TPSA) is 38.5 Å². The van der Waals surface area contributed by atoms with Crippen molar-refractivity contribution < 1.29 is 4.74 Å². The number of nitrogens with two attached hydrogens (primary N) is 1. The summed E-state index contributed by atoms with van der Waals surface area (Å²) in [6.07, 6.45) is 2.14. The number of fused-ring (bicyclic) bond motifs is 1. The van der Waals surface area contributed by atoms with E-state index in [1.165, 1.54) is 16.8 Å². The molecule has 3 nitrogen and oxygen atoms in total. The van der Waals surface area contributed by atoms with Crippen LogP contribution < -0.4 is 15.4 Å². The Bertz CT molecular complexity index is 610. The summed E-state index contributed by atoms with van der Waals surface area (Å²) in [7, 11) is 0. The van der Waals surface area contributed by atoms with E-state index in [4.69, 9.17) is 10.5 Å². The van der Waals surface area contributed by atoms with Crippen molar-refractivity contribution in [2.75, 3.05) is 30.3 Å². The van der Waals surface area contributed by atoms with Gasteiger partial charge in [-0.3, -0.25) is 0 Å². The van der Waals surface area contributed by atoms with Gasteiger partial charge in [0.2, 0.25) is 0 Å². The molecule has 0 amide bonds. The molecule has 2 aromatic carbocycles. The molecule has 0 spiro atoms. The molecule has 0 saturated heterocycles. The zero-order valence-electron chi connectivity index (χ0n) is 12.5. The molecular weight excluding hydrogens is 260 g/mol. The van der Waals surface area contributed by atoms with Crippen LogP contribution in [0.2, 0.25) is 0 Å². The van der Waals surface area contributed by atoms with Gasteiger partial charge in [0.05, 0.1) is 6.61 Å². The number of rotatable bonds is 5. The molecule has 1 heterocycles. The van der Waals surface area contributed by atoms with Crippen LogP contribution >= 0.6 is 0 Å². The van der Waals surface area contributed by atoms with Gasteiger partial charge < -0.3 is 15.4 Å². The van der Waals surface area contributed by atoms with E-state index in [1.54, 1.807) is 0 Å². The van der Waals surface area contributed by atoms with E-state index < -0.39 is 0 Å². The molecule has 1 aliphatic heterocycles. The van der Waals surface area contributed by atoms with Gasteiger partial charge in [0, 0.05) is 24.5 Å². The van der Waals surface area contributed by atoms with E-state index in [9.17, 15) is 0 Å². The number of ether oxygens (including phenoxy) is 1. The summed E-state index contributed by atoms with van der Waals surface area (Å²) in [5, 5.41) is 0. The molecule has 0 atom stereocenters. The average Bonchev–Trinajstić information content (AvgIpc) is 2.87. The highest BCUT2D eigenvalue weighted by molar-refractivity contribution is 5.67. The van der Waals surface area contributed by atoms with Gasteiger partial charge in [-0.2, -0.15) is 0 Å². The van der Waals surface area contributed by atoms with E-state index >= 15 is 0 Å². The quantitative estimate of drug-likeness (QED) is 0.674. The Kier molecular flexibility index (Phi) is 4.00. The molecule has 0 aliphatic carbocycles. The van der Waals surface area contributed by atoms with E-state index in [1.807, 2.05) is 30.3 Å². The Morgan fingerprint density at radius 1 is 1.19 bits per heavy atom. The fourth-order valence-corrected chi connectivity index (χ4v) is 2.84. The number of aryl methyl sites for hydroxylation is 1. The van der Waals surface area contributed by atoms with Crippen molar-refractivity contribution in [3.05, 3.63) is 53.6 Å². The summed E-state index contributed by atoms with van der Waals surface area (Å²) in [5.41, 5.74) is 10.8. The van der Waals surface area contributed by atoms with Crippen molar-refractivity contribution in [1.29, 1.82) is 0 Å². The van der Waals surface area contributed by atoms with Gasteiger partial charge in [-0.1, -0.05) is 24.3 Å². The van der Waals surface area contributed by atoms with Crippen molar-refractivity contribution in [2.24, 2.45) is 0 Å². The van der Waals surface area contributed by atoms with E-state index in [0.717, 1.165) is 44.0 Å². The molecule has 0 bridgehead atoms. The molecule has 21 heavy (non-hydrogen) atoms. The molecule has 3 rings (SSSR count). The fraction of sp³-hybridized carbons (Fsp3) is 0.333. The van der Waals surface area contributed by atoms with Crippen LogP contribution in [0.3, 0.4) is 0 Å². The van der Waals surface area contributed by atoms with Gasteiger partial charge in [-0.05, 0) is 49.1 Å². The summed E-state index contributed by atoms with van der Waals surface area (Å²) in [6, 6.07) is 14.3. The molecule has 0 fully saturated rings. The molecular formula is C18H22N2O. The van der Waals surface area contributed by atoms with E-state index in [-0.39, 0.29) is 0 Å². The first-order chi connectivity index (χ1) is 10.2. The number of hydrogen-bond acceptors (Lipinski definition) is 3. The van der Waals surface area contributed by atoms with Crippen molar-refractivity contribution in [3.8, 4) is 5.75 Å². The SMILES string of the molecule is Cc1cc2c(cc1N)N(CCCOc1ccccc1)CC2. The van der Waals surface area contributed by atoms with Gasteiger partial charge in [0.15, 0.2) is 0 Å². The molecule has 0 saturated carbocycles. The van der Waals surface area contributed by atoms with Gasteiger partial charge in [-0.15, -0.1) is 0 Å². The van der Waals surface area contributed by atoms with Crippen LogP contribution in [-0.2, 0) is 6.42 Å². The average molecular weight is 282 g/mol. The lowest BCUT2D eigenvalue weighted by Crippen LogP contribution is -2.23. The van der Waals surface area contributed by atoms with Gasteiger partial charge in [0.1, 0.15) is 5.75 Å². The molecule has 2 N–H and O–H groups in total. The first kappa shape index (κ1) is 13.8. The van der Waals surface area contributed by atoms with E-state index in [0.29, 0.717) is 0 Å². The maximum atomic E-state index is 6.03. The molecule has 110 valence electrons. The van der Waals surface area contributed by atoms with Crippen LogP contribution in [0.1, 0.15) is 17.5 Å². The second kappa shape index (κ2) is 6.08. The standard InChI is InChI=1S/C18H22N2O/c1-14-12-15-8-10-20(18(15)13-17(14)19)9-5-11-21-16-6-3-2-4-7-16/h2-4,6-7,12-13H,5,8-11,19H2,1H3. The summed E-state index contributed by atoms with van der Waals surface area (Å²) >= 11 is 0. The summed E-state index contributed by atoms with van der Waals surface area (Å²) in [5.74, 6) is 0.944. The van der Waals surface area contributed by atoms with Crippen molar-refractivity contribution in [2.45, 2.75) is 19.8 Å². The Hall–Kier alpha value is -2.16. The highest BCUT2D eigenvalue weighted by atomic mass is 16.5. The van der Waals surface area contributed by atoms with Crippen LogP contribution in [0.25, 0.3) is 0 Å². The van der Waals surface area contributed by atoms with Gasteiger partial charge >= 0.3 is 0 Å². The van der Waals surface area contributed by atoms with Crippen LogP contribution in [0.15, 0.2) is 42.5 Å². The van der Waals surface area contributed by atoms with Gasteiger partial charge in [-0.25, -0.2) is 0 Å². The fourth-order valence-electron chi connectivity index (χ4n) is 2.84. The second-order valence-corrected chi connectivity index (χ2v) is 5.59. The molecule has 3 heteroatoms. The minimum Gasteiger partial charge on any atom is -0.494 e.